The van der Waals surface area contributed by atoms with Crippen LogP contribution in [-0.4, -0.2) is 16.6 Å². The summed E-state index contributed by atoms with van der Waals surface area (Å²) in [4.78, 5) is 4.39. The summed E-state index contributed by atoms with van der Waals surface area (Å²) in [6.07, 6.45) is 1.94. The third-order valence-electron chi connectivity index (χ3n) is 2.94. The molecule has 108 valence electrons. The van der Waals surface area contributed by atoms with Gasteiger partial charge in [-0.25, -0.2) is 4.98 Å². The number of hydrogen-bond donors (Lipinski definition) is 1. The summed E-state index contributed by atoms with van der Waals surface area (Å²) in [6.45, 7) is 13.6. The Morgan fingerprint density at radius 3 is 2.47 bits per heavy atom. The molecule has 0 saturated carbocycles. The Morgan fingerprint density at radius 2 is 1.95 bits per heavy atom. The van der Waals surface area contributed by atoms with Gasteiger partial charge in [0.15, 0.2) is 0 Å². The molecule has 4 heteroatoms. The maximum Gasteiger partial charge on any atom is 0.218 e. The van der Waals surface area contributed by atoms with Gasteiger partial charge in [-0.05, 0) is 55.6 Å². The van der Waals surface area contributed by atoms with Crippen LogP contribution in [0.15, 0.2) is 16.7 Å². The maximum absolute atomic E-state index is 5.96. The predicted octanol–water partition coefficient (Wildman–Crippen LogP) is 4.16. The highest BCUT2D eigenvalue weighted by atomic mass is 79.9. The summed E-state index contributed by atoms with van der Waals surface area (Å²) >= 11 is 3.47. The van der Waals surface area contributed by atoms with Crippen LogP contribution < -0.4 is 10.1 Å². The first-order valence-electron chi connectivity index (χ1n) is 6.75. The second-order valence-corrected chi connectivity index (χ2v) is 7.20. The summed E-state index contributed by atoms with van der Waals surface area (Å²) in [5, 5.41) is 3.47. The smallest absolute Gasteiger partial charge is 0.218 e. The van der Waals surface area contributed by atoms with Crippen LogP contribution in [0.25, 0.3) is 0 Å². The first-order chi connectivity index (χ1) is 8.69. The number of nitrogens with zero attached hydrogens (tertiary/aromatic N) is 1. The van der Waals surface area contributed by atoms with E-state index in [0.29, 0.717) is 5.92 Å². The summed E-state index contributed by atoms with van der Waals surface area (Å²) < 4.78 is 6.93. The zero-order chi connectivity index (χ0) is 14.6. The Labute approximate surface area is 125 Å². The van der Waals surface area contributed by atoms with Crippen molar-refractivity contribution in [3.8, 4) is 5.88 Å². The molecule has 1 aromatic heterocycles. The average molecular weight is 329 g/mol. The highest BCUT2D eigenvalue weighted by Gasteiger charge is 2.15. The Kier molecular flexibility index (Phi) is 5.81. The number of halogens is 1. The molecular formula is C15H25BrN2O. The first kappa shape index (κ1) is 16.4. The summed E-state index contributed by atoms with van der Waals surface area (Å²) in [5.41, 5.74) is 1.15. The van der Waals surface area contributed by atoms with Crippen molar-refractivity contribution in [1.29, 1.82) is 0 Å². The van der Waals surface area contributed by atoms with Crippen molar-refractivity contribution < 1.29 is 4.74 Å². The molecule has 0 radical (unpaired) electrons. The van der Waals surface area contributed by atoms with Crippen molar-refractivity contribution in [2.45, 2.75) is 59.7 Å². The first-order valence-corrected chi connectivity index (χ1v) is 7.54. The molecule has 0 saturated heterocycles. The second-order valence-electron chi connectivity index (χ2n) is 6.29. The van der Waals surface area contributed by atoms with E-state index in [0.717, 1.165) is 22.5 Å². The molecule has 1 heterocycles. The minimum Gasteiger partial charge on any atom is -0.474 e. The van der Waals surface area contributed by atoms with Gasteiger partial charge in [-0.15, -0.1) is 0 Å². The molecule has 19 heavy (non-hydrogen) atoms. The van der Waals surface area contributed by atoms with E-state index in [1.54, 1.807) is 6.20 Å². The van der Waals surface area contributed by atoms with E-state index >= 15 is 0 Å². The van der Waals surface area contributed by atoms with Crippen LogP contribution in [0.5, 0.6) is 5.88 Å². The highest BCUT2D eigenvalue weighted by molar-refractivity contribution is 9.10. The summed E-state index contributed by atoms with van der Waals surface area (Å²) in [6, 6.07) is 2.06. The van der Waals surface area contributed by atoms with Crippen LogP contribution in [0.4, 0.5) is 0 Å². The van der Waals surface area contributed by atoms with Gasteiger partial charge in [-0.3, -0.25) is 0 Å². The largest absolute Gasteiger partial charge is 0.474 e. The fraction of sp³-hybridized carbons (Fsp3) is 0.667. The fourth-order valence-corrected chi connectivity index (χ4v) is 1.75. The lowest BCUT2D eigenvalue weighted by Crippen LogP contribution is -2.35. The third-order valence-corrected chi connectivity index (χ3v) is 3.37. The minimum absolute atomic E-state index is 0.0727. The van der Waals surface area contributed by atoms with Crippen LogP contribution in [0.2, 0.25) is 0 Å². The minimum atomic E-state index is 0.0727. The van der Waals surface area contributed by atoms with E-state index in [-0.39, 0.29) is 11.6 Å². The molecule has 1 rings (SSSR count). The van der Waals surface area contributed by atoms with Crippen molar-refractivity contribution in [2.75, 3.05) is 0 Å². The second kappa shape index (κ2) is 6.71. The quantitative estimate of drug-likeness (QED) is 0.881. The van der Waals surface area contributed by atoms with Crippen molar-refractivity contribution >= 4 is 15.9 Å². The van der Waals surface area contributed by atoms with Crippen molar-refractivity contribution in [3.63, 3.8) is 0 Å². The predicted molar refractivity (Wildman–Crippen MR) is 83.5 cm³/mol. The number of rotatable bonds is 5. The normalized spacial score (nSPS) is 13.7. The maximum atomic E-state index is 5.96. The molecule has 0 aliphatic heterocycles. The molecule has 0 fully saturated rings. The molecule has 0 amide bonds. The van der Waals surface area contributed by atoms with Crippen LogP contribution in [0.3, 0.4) is 0 Å². The standard InChI is InChI=1S/C15H25BrN2O/c1-10(2)11(3)19-14-12(7-13(16)9-17-14)8-18-15(4,5)6/h7,9-11,18H,8H2,1-6H3. The zero-order valence-electron chi connectivity index (χ0n) is 12.7. The number of nitrogens with one attached hydrogen (secondary N) is 1. The Hall–Kier alpha value is -0.610. The molecule has 1 N–H and O–H groups in total. The SMILES string of the molecule is CC(C)C(C)Oc1ncc(Br)cc1CNC(C)(C)C. The topological polar surface area (TPSA) is 34.1 Å². The van der Waals surface area contributed by atoms with E-state index in [4.69, 9.17) is 4.74 Å². The average Bonchev–Trinajstić information content (AvgIpc) is 2.28. The van der Waals surface area contributed by atoms with Gasteiger partial charge in [0.2, 0.25) is 5.88 Å². The van der Waals surface area contributed by atoms with E-state index in [2.05, 4.69) is 73.8 Å². The number of ether oxygens (including phenoxy) is 1. The van der Waals surface area contributed by atoms with Gasteiger partial charge in [-0.1, -0.05) is 13.8 Å². The van der Waals surface area contributed by atoms with Crippen molar-refractivity contribution in [1.82, 2.24) is 10.3 Å². The number of hydrogen-bond acceptors (Lipinski definition) is 3. The van der Waals surface area contributed by atoms with Gasteiger partial charge in [0, 0.05) is 28.3 Å². The van der Waals surface area contributed by atoms with Crippen LogP contribution in [0, 0.1) is 5.92 Å². The van der Waals surface area contributed by atoms with Crippen LogP contribution in [0.1, 0.15) is 47.1 Å². The number of pyridine rings is 1. The monoisotopic (exact) mass is 328 g/mol. The van der Waals surface area contributed by atoms with Gasteiger partial charge in [0.25, 0.3) is 0 Å². The van der Waals surface area contributed by atoms with Crippen molar-refractivity contribution in [3.05, 3.63) is 22.3 Å². The highest BCUT2D eigenvalue weighted by Crippen LogP contribution is 2.23. The van der Waals surface area contributed by atoms with E-state index < -0.39 is 0 Å². The molecular weight excluding hydrogens is 304 g/mol. The Morgan fingerprint density at radius 1 is 1.32 bits per heavy atom. The van der Waals surface area contributed by atoms with Crippen LogP contribution in [-0.2, 0) is 6.54 Å². The van der Waals surface area contributed by atoms with Gasteiger partial charge in [0.05, 0.1) is 6.10 Å². The molecule has 0 bridgehead atoms. The van der Waals surface area contributed by atoms with Gasteiger partial charge in [0.1, 0.15) is 0 Å². The Balaban J connectivity index is 2.85. The third kappa shape index (κ3) is 5.91. The Bertz CT molecular complexity index is 413. The van der Waals surface area contributed by atoms with Gasteiger partial charge in [-0.2, -0.15) is 0 Å². The van der Waals surface area contributed by atoms with Gasteiger partial charge >= 0.3 is 0 Å². The molecule has 0 aliphatic rings. The zero-order valence-corrected chi connectivity index (χ0v) is 14.3. The van der Waals surface area contributed by atoms with E-state index in [1.165, 1.54) is 0 Å². The van der Waals surface area contributed by atoms with Gasteiger partial charge < -0.3 is 10.1 Å². The fourth-order valence-electron chi connectivity index (χ4n) is 1.37. The summed E-state index contributed by atoms with van der Waals surface area (Å²) in [7, 11) is 0. The van der Waals surface area contributed by atoms with Crippen LogP contribution >= 0.6 is 15.9 Å². The molecule has 1 unspecified atom stereocenters. The van der Waals surface area contributed by atoms with E-state index in [9.17, 15) is 0 Å². The molecule has 0 spiro atoms. The number of aromatic nitrogens is 1. The lowest BCUT2D eigenvalue weighted by molar-refractivity contribution is 0.161. The molecule has 1 atom stereocenters. The van der Waals surface area contributed by atoms with E-state index in [1.807, 2.05) is 0 Å². The molecule has 1 aromatic rings. The molecule has 3 nitrogen and oxygen atoms in total. The lowest BCUT2D eigenvalue weighted by atomic mass is 10.1. The summed E-state index contributed by atoms with van der Waals surface area (Å²) in [5.74, 6) is 1.19. The molecule has 0 aromatic carbocycles. The van der Waals surface area contributed by atoms with Crippen molar-refractivity contribution in [2.24, 2.45) is 5.92 Å². The lowest BCUT2D eigenvalue weighted by Gasteiger charge is -2.23. The molecule has 0 aliphatic carbocycles.